The molecule has 0 aliphatic heterocycles. The fraction of sp³-hybridized carbons (Fsp3) is 0.300. The number of hydrogen-bond acceptors (Lipinski definition) is 2. The molecule has 0 bridgehead atoms. The highest BCUT2D eigenvalue weighted by Gasteiger charge is 2.03. The second-order valence-corrected chi connectivity index (χ2v) is 4.67. The molecule has 14 heavy (non-hydrogen) atoms. The Morgan fingerprint density at radius 1 is 1.57 bits per heavy atom. The monoisotopic (exact) mass is 321 g/mol. The number of carbonyl (C=O) groups is 1. The molecule has 2 nitrogen and oxygen atoms in total. The van der Waals surface area contributed by atoms with Gasteiger partial charge in [-0.05, 0) is 53.0 Å². The molecule has 0 spiro atoms. The molecular formula is C10H12INOS. The first kappa shape index (κ1) is 11.8. The average Bonchev–Trinajstić information content (AvgIpc) is 2.12. The minimum absolute atomic E-state index is 0.0186. The molecule has 0 aliphatic rings. The maximum Gasteiger partial charge on any atom is 0.225 e. The van der Waals surface area contributed by atoms with Crippen molar-refractivity contribution in [3.05, 3.63) is 27.3 Å². The SMILES string of the molecule is Cc1ccc(I)cc1NC(=O)CCS. The van der Waals surface area contributed by atoms with Crippen LogP contribution < -0.4 is 5.32 Å². The molecule has 1 N–H and O–H groups in total. The van der Waals surface area contributed by atoms with Gasteiger partial charge >= 0.3 is 0 Å². The minimum atomic E-state index is 0.0186. The lowest BCUT2D eigenvalue weighted by Gasteiger charge is -2.07. The van der Waals surface area contributed by atoms with Crippen LogP contribution in [0.3, 0.4) is 0 Å². The quantitative estimate of drug-likeness (QED) is 0.651. The summed E-state index contributed by atoms with van der Waals surface area (Å²) in [5, 5.41) is 2.86. The van der Waals surface area contributed by atoms with Crippen LogP contribution in [0.4, 0.5) is 5.69 Å². The minimum Gasteiger partial charge on any atom is -0.326 e. The van der Waals surface area contributed by atoms with Gasteiger partial charge in [-0.15, -0.1) is 0 Å². The van der Waals surface area contributed by atoms with E-state index in [4.69, 9.17) is 0 Å². The molecule has 0 fully saturated rings. The molecular weight excluding hydrogens is 309 g/mol. The summed E-state index contributed by atoms with van der Waals surface area (Å²) >= 11 is 6.23. The maximum absolute atomic E-state index is 11.3. The molecule has 0 heterocycles. The van der Waals surface area contributed by atoms with Crippen LogP contribution in [-0.4, -0.2) is 11.7 Å². The van der Waals surface area contributed by atoms with Crippen molar-refractivity contribution in [1.29, 1.82) is 0 Å². The predicted molar refractivity (Wildman–Crippen MR) is 71.0 cm³/mol. The van der Waals surface area contributed by atoms with E-state index in [1.54, 1.807) is 0 Å². The highest BCUT2D eigenvalue weighted by atomic mass is 127. The molecule has 0 atom stereocenters. The van der Waals surface area contributed by atoms with Crippen molar-refractivity contribution in [3.63, 3.8) is 0 Å². The second kappa shape index (κ2) is 5.60. The third kappa shape index (κ3) is 3.49. The molecule has 0 aliphatic carbocycles. The van der Waals surface area contributed by atoms with Crippen LogP contribution in [0.1, 0.15) is 12.0 Å². The highest BCUT2D eigenvalue weighted by molar-refractivity contribution is 14.1. The van der Waals surface area contributed by atoms with Gasteiger partial charge < -0.3 is 5.32 Å². The largest absolute Gasteiger partial charge is 0.326 e. The summed E-state index contributed by atoms with van der Waals surface area (Å²) in [6.45, 7) is 1.98. The van der Waals surface area contributed by atoms with Crippen molar-refractivity contribution in [2.75, 3.05) is 11.1 Å². The Labute approximate surface area is 103 Å². The zero-order valence-corrected chi connectivity index (χ0v) is 10.9. The van der Waals surface area contributed by atoms with E-state index in [0.29, 0.717) is 12.2 Å². The van der Waals surface area contributed by atoms with E-state index in [9.17, 15) is 4.79 Å². The van der Waals surface area contributed by atoms with Gasteiger partial charge in [0.15, 0.2) is 0 Å². The zero-order valence-electron chi connectivity index (χ0n) is 7.88. The summed E-state index contributed by atoms with van der Waals surface area (Å²) in [5.41, 5.74) is 1.97. The van der Waals surface area contributed by atoms with Crippen LogP contribution in [0.2, 0.25) is 0 Å². The Hall–Kier alpha value is -0.230. The first-order chi connectivity index (χ1) is 6.63. The van der Waals surface area contributed by atoms with Gasteiger partial charge in [0.25, 0.3) is 0 Å². The number of aryl methyl sites for hydroxylation is 1. The highest BCUT2D eigenvalue weighted by Crippen LogP contribution is 2.18. The van der Waals surface area contributed by atoms with Crippen LogP contribution in [-0.2, 0) is 4.79 Å². The van der Waals surface area contributed by atoms with Crippen molar-refractivity contribution in [1.82, 2.24) is 0 Å². The van der Waals surface area contributed by atoms with Gasteiger partial charge in [-0.25, -0.2) is 0 Å². The lowest BCUT2D eigenvalue weighted by Crippen LogP contribution is -2.12. The summed E-state index contributed by atoms with van der Waals surface area (Å²) in [7, 11) is 0. The van der Waals surface area contributed by atoms with Crippen LogP contribution in [0, 0.1) is 10.5 Å². The third-order valence-electron chi connectivity index (χ3n) is 1.81. The van der Waals surface area contributed by atoms with Gasteiger partial charge in [-0.2, -0.15) is 12.6 Å². The van der Waals surface area contributed by atoms with Crippen LogP contribution in [0.25, 0.3) is 0 Å². The molecule has 0 radical (unpaired) electrons. The number of halogens is 1. The first-order valence-electron chi connectivity index (χ1n) is 4.30. The molecule has 1 aromatic rings. The number of carbonyl (C=O) groups excluding carboxylic acids is 1. The Morgan fingerprint density at radius 3 is 2.93 bits per heavy atom. The molecule has 76 valence electrons. The van der Waals surface area contributed by atoms with Gasteiger partial charge in [0.2, 0.25) is 5.91 Å². The van der Waals surface area contributed by atoms with Crippen molar-refractivity contribution in [2.45, 2.75) is 13.3 Å². The van der Waals surface area contributed by atoms with Gasteiger partial charge in [0, 0.05) is 15.7 Å². The number of nitrogens with one attached hydrogen (secondary N) is 1. The molecule has 1 rings (SSSR count). The van der Waals surface area contributed by atoms with E-state index in [1.165, 1.54) is 0 Å². The predicted octanol–water partition coefficient (Wildman–Crippen LogP) is 2.86. The van der Waals surface area contributed by atoms with E-state index in [0.717, 1.165) is 14.8 Å². The Balaban J connectivity index is 2.75. The zero-order chi connectivity index (χ0) is 10.6. The summed E-state index contributed by atoms with van der Waals surface area (Å²) in [6.07, 6.45) is 0.452. The fourth-order valence-corrected chi connectivity index (χ4v) is 1.74. The molecule has 1 aromatic carbocycles. The van der Waals surface area contributed by atoms with Gasteiger partial charge in [-0.1, -0.05) is 6.07 Å². The van der Waals surface area contributed by atoms with Crippen molar-refractivity contribution in [3.8, 4) is 0 Å². The first-order valence-corrected chi connectivity index (χ1v) is 6.01. The van der Waals surface area contributed by atoms with Crippen molar-refractivity contribution < 1.29 is 4.79 Å². The van der Waals surface area contributed by atoms with Crippen LogP contribution in [0.5, 0.6) is 0 Å². The lowest BCUT2D eigenvalue weighted by atomic mass is 10.2. The van der Waals surface area contributed by atoms with Crippen molar-refractivity contribution >= 4 is 46.8 Å². The summed E-state index contributed by atoms with van der Waals surface area (Å²) in [5.74, 6) is 0.597. The smallest absolute Gasteiger partial charge is 0.225 e. The van der Waals surface area contributed by atoms with E-state index < -0.39 is 0 Å². The van der Waals surface area contributed by atoms with Gasteiger partial charge in [0.05, 0.1) is 0 Å². The molecule has 0 saturated heterocycles. The van der Waals surface area contributed by atoms with Gasteiger partial charge in [-0.3, -0.25) is 4.79 Å². The maximum atomic E-state index is 11.3. The summed E-state index contributed by atoms with van der Waals surface area (Å²) in [6, 6.07) is 5.98. The molecule has 1 amide bonds. The number of rotatable bonds is 3. The Morgan fingerprint density at radius 2 is 2.29 bits per heavy atom. The standard InChI is InChI=1S/C10H12INOS/c1-7-2-3-8(11)6-9(7)12-10(13)4-5-14/h2-3,6,14H,4-5H2,1H3,(H,12,13). The molecule has 0 saturated carbocycles. The molecule has 0 unspecified atom stereocenters. The number of thiol groups is 1. The average molecular weight is 321 g/mol. The summed E-state index contributed by atoms with van der Waals surface area (Å²) < 4.78 is 1.12. The topological polar surface area (TPSA) is 29.1 Å². The number of amides is 1. The van der Waals surface area contributed by atoms with E-state index >= 15 is 0 Å². The molecule has 0 aromatic heterocycles. The van der Waals surface area contributed by atoms with Crippen molar-refractivity contribution in [2.24, 2.45) is 0 Å². The number of hydrogen-bond donors (Lipinski definition) is 2. The lowest BCUT2D eigenvalue weighted by molar-refractivity contribution is -0.115. The normalized spacial score (nSPS) is 9.93. The van der Waals surface area contributed by atoms with Gasteiger partial charge in [0.1, 0.15) is 0 Å². The van der Waals surface area contributed by atoms with Crippen LogP contribution >= 0.6 is 35.2 Å². The van der Waals surface area contributed by atoms with E-state index in [1.807, 2.05) is 25.1 Å². The fourth-order valence-electron chi connectivity index (χ4n) is 1.04. The Kier molecular flexibility index (Phi) is 4.74. The number of benzene rings is 1. The molecule has 4 heteroatoms. The van der Waals surface area contributed by atoms with E-state index in [-0.39, 0.29) is 5.91 Å². The number of anilines is 1. The summed E-state index contributed by atoms with van der Waals surface area (Å²) in [4.78, 5) is 11.3. The Bertz CT molecular complexity index is 341. The van der Waals surface area contributed by atoms with E-state index in [2.05, 4.69) is 40.5 Å². The van der Waals surface area contributed by atoms with Crippen LogP contribution in [0.15, 0.2) is 18.2 Å². The third-order valence-corrected chi connectivity index (χ3v) is 2.71. The second-order valence-electron chi connectivity index (χ2n) is 2.98.